The lowest BCUT2D eigenvalue weighted by Crippen LogP contribution is -2.30. The fourth-order valence-corrected chi connectivity index (χ4v) is 2.39. The van der Waals surface area contributed by atoms with E-state index in [0.717, 1.165) is 0 Å². The number of para-hydroxylation sites is 1. The van der Waals surface area contributed by atoms with Gasteiger partial charge in [-0.25, -0.2) is 0 Å². The van der Waals surface area contributed by atoms with Gasteiger partial charge in [-0.1, -0.05) is 12.1 Å². The quantitative estimate of drug-likeness (QED) is 0.707. The molecule has 1 aromatic heterocycles. The third kappa shape index (κ3) is 3.26. The molecular formula is C18H12F3NO4. The minimum Gasteiger partial charge on any atom is -0.497 e. The van der Waals surface area contributed by atoms with Crippen molar-refractivity contribution in [3.63, 3.8) is 0 Å². The summed E-state index contributed by atoms with van der Waals surface area (Å²) >= 11 is 0. The maximum absolute atomic E-state index is 12.7. The number of hydrogen-bond acceptors (Lipinski definition) is 4. The number of hydrogen-bond donors (Lipinski definition) is 1. The molecule has 0 spiro atoms. The fraction of sp³-hybridized carbons (Fsp3) is 0.111. The van der Waals surface area contributed by atoms with Crippen molar-refractivity contribution in [1.29, 1.82) is 0 Å². The minimum absolute atomic E-state index is 0.173. The highest BCUT2D eigenvalue weighted by molar-refractivity contribution is 6.17. The molecule has 2 aromatic carbocycles. The van der Waals surface area contributed by atoms with Crippen molar-refractivity contribution in [1.82, 2.24) is 0 Å². The van der Waals surface area contributed by atoms with Crippen molar-refractivity contribution >= 4 is 28.3 Å². The zero-order chi connectivity index (χ0) is 18.9. The lowest BCUT2D eigenvalue weighted by molar-refractivity contribution is -0.167. The largest absolute Gasteiger partial charge is 0.497 e. The molecule has 8 heteroatoms. The molecule has 0 radical (unpaired) electrons. The molecule has 0 aliphatic heterocycles. The second-order valence-electron chi connectivity index (χ2n) is 5.31. The standard InChI is InChI=1S/C18H12F3NO4/c1-25-11-8-6-10(7-9-11)15(23)16-14(22-17(24)18(19,20)21)12-4-2-3-5-13(12)26-16/h2-9H,1H3,(H,22,24). The van der Waals surface area contributed by atoms with Gasteiger partial charge < -0.3 is 14.5 Å². The van der Waals surface area contributed by atoms with E-state index < -0.39 is 17.9 Å². The summed E-state index contributed by atoms with van der Waals surface area (Å²) in [5.74, 6) is -2.72. The van der Waals surface area contributed by atoms with E-state index in [1.165, 1.54) is 43.5 Å². The molecule has 26 heavy (non-hydrogen) atoms. The van der Waals surface area contributed by atoms with E-state index in [0.29, 0.717) is 5.75 Å². The maximum atomic E-state index is 12.7. The average Bonchev–Trinajstić information content (AvgIpc) is 2.99. The average molecular weight is 363 g/mol. The number of benzene rings is 2. The minimum atomic E-state index is -5.10. The van der Waals surface area contributed by atoms with Crippen molar-refractivity contribution in [3.05, 3.63) is 59.9 Å². The first-order chi connectivity index (χ1) is 12.3. The van der Waals surface area contributed by atoms with E-state index in [1.807, 2.05) is 0 Å². The summed E-state index contributed by atoms with van der Waals surface area (Å²) in [5, 5.41) is 1.94. The Hall–Kier alpha value is -3.29. The number of furan rings is 1. The normalized spacial score (nSPS) is 11.4. The number of halogens is 3. The van der Waals surface area contributed by atoms with Crippen LogP contribution in [-0.2, 0) is 4.79 Å². The van der Waals surface area contributed by atoms with Crippen molar-refractivity contribution in [2.24, 2.45) is 0 Å². The number of rotatable bonds is 4. The Morgan fingerprint density at radius 3 is 2.31 bits per heavy atom. The van der Waals surface area contributed by atoms with Crippen LogP contribution in [0.1, 0.15) is 16.1 Å². The number of fused-ring (bicyclic) bond motifs is 1. The van der Waals surface area contributed by atoms with Crippen LogP contribution in [0.15, 0.2) is 52.9 Å². The number of methoxy groups -OCH3 is 1. The Labute approximate surface area is 145 Å². The van der Waals surface area contributed by atoms with Crippen LogP contribution in [0.4, 0.5) is 18.9 Å². The molecule has 3 rings (SSSR count). The highest BCUT2D eigenvalue weighted by Crippen LogP contribution is 2.33. The van der Waals surface area contributed by atoms with Gasteiger partial charge in [0.25, 0.3) is 0 Å². The second-order valence-corrected chi connectivity index (χ2v) is 5.31. The van der Waals surface area contributed by atoms with Gasteiger partial charge >= 0.3 is 12.1 Å². The van der Waals surface area contributed by atoms with Gasteiger partial charge in [0.05, 0.1) is 12.8 Å². The number of anilines is 1. The smallest absolute Gasteiger partial charge is 0.471 e. The topological polar surface area (TPSA) is 68.5 Å². The molecule has 1 N–H and O–H groups in total. The summed E-state index contributed by atoms with van der Waals surface area (Å²) < 4.78 is 48.3. The Bertz CT molecular complexity index is 974. The van der Waals surface area contributed by atoms with E-state index in [2.05, 4.69) is 0 Å². The van der Waals surface area contributed by atoms with Crippen LogP contribution in [-0.4, -0.2) is 25.0 Å². The Kier molecular flexibility index (Phi) is 4.41. The summed E-state index contributed by atoms with van der Waals surface area (Å²) in [7, 11) is 1.46. The summed E-state index contributed by atoms with van der Waals surface area (Å²) in [6.07, 6.45) is -5.10. The van der Waals surface area contributed by atoms with Gasteiger partial charge in [-0.05, 0) is 36.4 Å². The van der Waals surface area contributed by atoms with Crippen LogP contribution >= 0.6 is 0 Å². The van der Waals surface area contributed by atoms with E-state index in [4.69, 9.17) is 9.15 Å². The fourth-order valence-electron chi connectivity index (χ4n) is 2.39. The molecule has 0 bridgehead atoms. The summed E-state index contributed by atoms with van der Waals surface area (Å²) in [6.45, 7) is 0. The van der Waals surface area contributed by atoms with Crippen LogP contribution in [0.2, 0.25) is 0 Å². The number of carbonyl (C=O) groups is 2. The molecule has 5 nitrogen and oxygen atoms in total. The highest BCUT2D eigenvalue weighted by atomic mass is 19.4. The van der Waals surface area contributed by atoms with Crippen LogP contribution in [0.5, 0.6) is 5.75 Å². The molecule has 0 aliphatic rings. The first-order valence-corrected chi connectivity index (χ1v) is 7.39. The van der Waals surface area contributed by atoms with Gasteiger partial charge in [-0.15, -0.1) is 0 Å². The van der Waals surface area contributed by atoms with Gasteiger partial charge in [0.2, 0.25) is 5.78 Å². The molecule has 3 aromatic rings. The first-order valence-electron chi connectivity index (χ1n) is 7.39. The number of ether oxygens (including phenoxy) is 1. The summed E-state index contributed by atoms with van der Waals surface area (Å²) in [4.78, 5) is 24.1. The molecule has 134 valence electrons. The Balaban J connectivity index is 2.07. The summed E-state index contributed by atoms with van der Waals surface area (Å²) in [6, 6.07) is 12.1. The molecule has 0 unspecified atom stereocenters. The van der Waals surface area contributed by atoms with Crippen LogP contribution in [0.3, 0.4) is 0 Å². The van der Waals surface area contributed by atoms with E-state index in [1.54, 1.807) is 17.4 Å². The van der Waals surface area contributed by atoms with E-state index in [9.17, 15) is 22.8 Å². The molecule has 1 heterocycles. The summed E-state index contributed by atoms with van der Waals surface area (Å²) in [5.41, 5.74) is 0.0398. The number of alkyl halides is 3. The monoisotopic (exact) mass is 363 g/mol. The second kappa shape index (κ2) is 6.55. The number of carbonyl (C=O) groups excluding carboxylic acids is 2. The van der Waals surface area contributed by atoms with Crippen LogP contribution < -0.4 is 10.1 Å². The molecule has 1 amide bonds. The van der Waals surface area contributed by atoms with Crippen molar-refractivity contribution in [3.8, 4) is 5.75 Å². The van der Waals surface area contributed by atoms with Crippen LogP contribution in [0.25, 0.3) is 11.0 Å². The lowest BCUT2D eigenvalue weighted by Gasteiger charge is -2.08. The highest BCUT2D eigenvalue weighted by Gasteiger charge is 2.40. The molecule has 0 atom stereocenters. The van der Waals surface area contributed by atoms with Gasteiger partial charge in [0, 0.05) is 10.9 Å². The van der Waals surface area contributed by atoms with Crippen molar-refractivity contribution < 1.29 is 31.9 Å². The molecular weight excluding hydrogens is 351 g/mol. The zero-order valence-electron chi connectivity index (χ0n) is 13.4. The van der Waals surface area contributed by atoms with E-state index in [-0.39, 0.29) is 28.0 Å². The lowest BCUT2D eigenvalue weighted by atomic mass is 10.1. The predicted molar refractivity (Wildman–Crippen MR) is 87.3 cm³/mol. The Morgan fingerprint density at radius 1 is 1.04 bits per heavy atom. The van der Waals surface area contributed by atoms with Gasteiger partial charge in [-0.2, -0.15) is 13.2 Å². The first kappa shape index (κ1) is 17.5. The number of ketones is 1. The SMILES string of the molecule is COc1ccc(C(=O)c2oc3ccccc3c2NC(=O)C(F)(F)F)cc1. The van der Waals surface area contributed by atoms with Gasteiger partial charge in [0.15, 0.2) is 5.76 Å². The number of amides is 1. The molecule has 0 saturated heterocycles. The van der Waals surface area contributed by atoms with Gasteiger partial charge in [0.1, 0.15) is 11.3 Å². The van der Waals surface area contributed by atoms with Crippen LogP contribution in [0, 0.1) is 0 Å². The molecule has 0 saturated carbocycles. The third-order valence-corrected chi connectivity index (χ3v) is 3.65. The molecule has 0 fully saturated rings. The van der Waals surface area contributed by atoms with E-state index >= 15 is 0 Å². The number of nitrogens with one attached hydrogen (secondary N) is 1. The van der Waals surface area contributed by atoms with Crippen molar-refractivity contribution in [2.45, 2.75) is 6.18 Å². The maximum Gasteiger partial charge on any atom is 0.471 e. The zero-order valence-corrected chi connectivity index (χ0v) is 13.4. The van der Waals surface area contributed by atoms with Gasteiger partial charge in [-0.3, -0.25) is 9.59 Å². The van der Waals surface area contributed by atoms with Crippen molar-refractivity contribution in [2.75, 3.05) is 12.4 Å². The molecule has 0 aliphatic carbocycles. The predicted octanol–water partition coefficient (Wildman–Crippen LogP) is 4.17. The third-order valence-electron chi connectivity index (χ3n) is 3.65. The Morgan fingerprint density at radius 2 is 1.69 bits per heavy atom.